The van der Waals surface area contributed by atoms with E-state index in [1.54, 1.807) is 25.3 Å². The lowest BCUT2D eigenvalue weighted by molar-refractivity contribution is -0.118. The summed E-state index contributed by atoms with van der Waals surface area (Å²) in [7, 11) is 1.61. The zero-order valence-corrected chi connectivity index (χ0v) is 20.5. The first-order valence-corrected chi connectivity index (χ1v) is 11.9. The Morgan fingerprint density at radius 3 is 2.65 bits per heavy atom. The van der Waals surface area contributed by atoms with Crippen molar-refractivity contribution in [2.24, 2.45) is 5.10 Å². The van der Waals surface area contributed by atoms with E-state index in [4.69, 9.17) is 4.74 Å². The van der Waals surface area contributed by atoms with Crippen molar-refractivity contribution in [3.05, 3.63) is 82.8 Å². The Balaban J connectivity index is 1.51. The number of benzene rings is 3. The van der Waals surface area contributed by atoms with Crippen molar-refractivity contribution >= 4 is 39.8 Å². The number of aromatic hydroxyl groups is 1. The van der Waals surface area contributed by atoms with E-state index in [-0.39, 0.29) is 17.4 Å². The first-order chi connectivity index (χ1) is 16.5. The summed E-state index contributed by atoms with van der Waals surface area (Å²) in [6.45, 7) is 0. The van der Waals surface area contributed by atoms with Crippen molar-refractivity contribution in [2.45, 2.75) is 5.16 Å². The molecule has 0 aliphatic heterocycles. The van der Waals surface area contributed by atoms with Crippen LogP contribution in [0.2, 0.25) is 0 Å². The standard InChI is InChI=1S/C24H20BrN5O3S/c1-33-20-10-8-19(9-11-20)30-23(16-5-3-2-4-6-16)28-29-24(30)34-15-22(32)27-26-14-17-13-18(25)7-12-21(17)31/h2-14,31H,15H2,1H3,(H,27,32)/b26-14+. The van der Waals surface area contributed by atoms with E-state index in [2.05, 4.69) is 36.7 Å². The number of phenols is 1. The molecule has 172 valence electrons. The molecule has 34 heavy (non-hydrogen) atoms. The largest absolute Gasteiger partial charge is 0.507 e. The summed E-state index contributed by atoms with van der Waals surface area (Å²) in [4.78, 5) is 12.4. The smallest absolute Gasteiger partial charge is 0.250 e. The Morgan fingerprint density at radius 2 is 1.91 bits per heavy atom. The van der Waals surface area contributed by atoms with E-state index in [9.17, 15) is 9.90 Å². The summed E-state index contributed by atoms with van der Waals surface area (Å²) < 4.78 is 7.95. The molecular weight excluding hydrogens is 518 g/mol. The number of carbonyl (C=O) groups excluding carboxylic acids is 1. The zero-order valence-electron chi connectivity index (χ0n) is 18.1. The average Bonchev–Trinajstić information content (AvgIpc) is 3.29. The number of nitrogens with zero attached hydrogens (tertiary/aromatic N) is 4. The highest BCUT2D eigenvalue weighted by Crippen LogP contribution is 2.28. The van der Waals surface area contributed by atoms with Gasteiger partial charge in [0.25, 0.3) is 5.91 Å². The number of hydrogen-bond donors (Lipinski definition) is 2. The van der Waals surface area contributed by atoms with Gasteiger partial charge in [-0.05, 0) is 42.5 Å². The molecule has 1 heterocycles. The molecule has 0 radical (unpaired) electrons. The molecule has 0 aliphatic carbocycles. The lowest BCUT2D eigenvalue weighted by atomic mass is 10.2. The molecule has 0 aliphatic rings. The Hall–Kier alpha value is -3.63. The predicted octanol–water partition coefficient (Wildman–Crippen LogP) is 4.65. The fourth-order valence-corrected chi connectivity index (χ4v) is 4.19. The van der Waals surface area contributed by atoms with Crippen LogP contribution in [-0.2, 0) is 4.79 Å². The van der Waals surface area contributed by atoms with Crippen LogP contribution in [0.25, 0.3) is 17.1 Å². The number of rotatable bonds is 8. The third-order valence-corrected chi connectivity index (χ3v) is 6.13. The van der Waals surface area contributed by atoms with Crippen LogP contribution in [0, 0.1) is 0 Å². The maximum atomic E-state index is 12.4. The van der Waals surface area contributed by atoms with Gasteiger partial charge in [0.05, 0.1) is 19.1 Å². The lowest BCUT2D eigenvalue weighted by Gasteiger charge is -2.11. The minimum absolute atomic E-state index is 0.0663. The van der Waals surface area contributed by atoms with Crippen LogP contribution in [0.3, 0.4) is 0 Å². The Morgan fingerprint density at radius 1 is 1.15 bits per heavy atom. The number of amides is 1. The van der Waals surface area contributed by atoms with Crippen LogP contribution in [-0.4, -0.2) is 44.9 Å². The quantitative estimate of drug-likeness (QED) is 0.192. The minimum Gasteiger partial charge on any atom is -0.507 e. The second-order valence-electron chi connectivity index (χ2n) is 6.99. The molecule has 0 bridgehead atoms. The van der Waals surface area contributed by atoms with Gasteiger partial charge in [0, 0.05) is 21.3 Å². The molecule has 0 fully saturated rings. The van der Waals surface area contributed by atoms with E-state index in [0.717, 1.165) is 21.5 Å². The topological polar surface area (TPSA) is 102 Å². The van der Waals surface area contributed by atoms with Crippen LogP contribution in [0.15, 0.2) is 87.5 Å². The lowest BCUT2D eigenvalue weighted by Crippen LogP contribution is -2.20. The fourth-order valence-electron chi connectivity index (χ4n) is 3.07. The van der Waals surface area contributed by atoms with Crippen LogP contribution in [0.4, 0.5) is 0 Å². The molecule has 1 amide bonds. The fraction of sp³-hybridized carbons (Fsp3) is 0.0833. The van der Waals surface area contributed by atoms with Gasteiger partial charge in [-0.15, -0.1) is 10.2 Å². The summed E-state index contributed by atoms with van der Waals surface area (Å²) >= 11 is 4.58. The number of halogens is 1. The second-order valence-corrected chi connectivity index (χ2v) is 8.85. The molecule has 1 aromatic heterocycles. The van der Waals surface area contributed by atoms with Gasteiger partial charge in [-0.3, -0.25) is 9.36 Å². The van der Waals surface area contributed by atoms with Crippen molar-refractivity contribution in [3.63, 3.8) is 0 Å². The van der Waals surface area contributed by atoms with Crippen molar-refractivity contribution in [1.82, 2.24) is 20.2 Å². The van der Waals surface area contributed by atoms with Crippen molar-refractivity contribution < 1.29 is 14.6 Å². The number of hydrogen-bond acceptors (Lipinski definition) is 7. The predicted molar refractivity (Wildman–Crippen MR) is 136 cm³/mol. The Labute approximate surface area is 208 Å². The number of nitrogens with one attached hydrogen (secondary N) is 1. The number of hydrazone groups is 1. The highest BCUT2D eigenvalue weighted by molar-refractivity contribution is 9.10. The van der Waals surface area contributed by atoms with Gasteiger partial charge in [-0.1, -0.05) is 58.0 Å². The van der Waals surface area contributed by atoms with Gasteiger partial charge in [0.15, 0.2) is 11.0 Å². The van der Waals surface area contributed by atoms with Gasteiger partial charge in [-0.2, -0.15) is 5.10 Å². The number of methoxy groups -OCH3 is 1. The molecule has 0 unspecified atom stereocenters. The molecule has 4 rings (SSSR count). The van der Waals surface area contributed by atoms with E-state index < -0.39 is 0 Å². The van der Waals surface area contributed by atoms with Crippen LogP contribution < -0.4 is 10.2 Å². The number of aromatic nitrogens is 3. The van der Waals surface area contributed by atoms with Gasteiger partial charge in [-0.25, -0.2) is 5.43 Å². The molecular formula is C24H20BrN5O3S. The number of thioether (sulfide) groups is 1. The maximum Gasteiger partial charge on any atom is 0.250 e. The summed E-state index contributed by atoms with van der Waals surface area (Å²) in [5, 5.41) is 23.1. The highest BCUT2D eigenvalue weighted by atomic mass is 79.9. The van der Waals surface area contributed by atoms with E-state index in [1.165, 1.54) is 18.0 Å². The summed E-state index contributed by atoms with van der Waals surface area (Å²) in [6.07, 6.45) is 1.38. The van der Waals surface area contributed by atoms with Gasteiger partial charge in [0.1, 0.15) is 11.5 Å². The number of carbonyl (C=O) groups is 1. The molecule has 2 N–H and O–H groups in total. The maximum absolute atomic E-state index is 12.4. The van der Waals surface area contributed by atoms with Crippen LogP contribution >= 0.6 is 27.7 Å². The molecule has 4 aromatic rings. The second kappa shape index (κ2) is 11.0. The van der Waals surface area contributed by atoms with Crippen molar-refractivity contribution in [1.29, 1.82) is 0 Å². The summed E-state index contributed by atoms with van der Waals surface area (Å²) in [5.74, 6) is 1.22. The first-order valence-electron chi connectivity index (χ1n) is 10.1. The molecule has 0 atom stereocenters. The number of phenolic OH excluding ortho intramolecular Hbond substituents is 1. The third-order valence-electron chi connectivity index (χ3n) is 4.71. The van der Waals surface area contributed by atoms with E-state index in [1.807, 2.05) is 59.2 Å². The zero-order chi connectivity index (χ0) is 23.9. The van der Waals surface area contributed by atoms with Crippen molar-refractivity contribution in [2.75, 3.05) is 12.9 Å². The monoisotopic (exact) mass is 537 g/mol. The van der Waals surface area contributed by atoms with Crippen LogP contribution in [0.1, 0.15) is 5.56 Å². The SMILES string of the molecule is COc1ccc(-n2c(SCC(=O)N/N=C/c3cc(Br)ccc3O)nnc2-c2ccccc2)cc1. The van der Waals surface area contributed by atoms with Crippen LogP contribution in [0.5, 0.6) is 11.5 Å². The molecule has 0 saturated heterocycles. The average molecular weight is 538 g/mol. The van der Waals surface area contributed by atoms with E-state index >= 15 is 0 Å². The minimum atomic E-state index is -0.318. The molecule has 0 spiro atoms. The summed E-state index contributed by atoms with van der Waals surface area (Å²) in [5.41, 5.74) is 4.70. The third kappa shape index (κ3) is 5.64. The van der Waals surface area contributed by atoms with Crippen molar-refractivity contribution in [3.8, 4) is 28.6 Å². The normalized spacial score (nSPS) is 11.0. The Kier molecular flexibility index (Phi) is 7.61. The van der Waals surface area contributed by atoms with E-state index in [0.29, 0.717) is 16.5 Å². The highest BCUT2D eigenvalue weighted by Gasteiger charge is 2.17. The van der Waals surface area contributed by atoms with Gasteiger partial charge >= 0.3 is 0 Å². The van der Waals surface area contributed by atoms with Gasteiger partial charge in [0.2, 0.25) is 0 Å². The number of ether oxygens (including phenoxy) is 1. The molecule has 8 nitrogen and oxygen atoms in total. The first kappa shape index (κ1) is 23.5. The molecule has 10 heteroatoms. The molecule has 3 aromatic carbocycles. The Bertz CT molecular complexity index is 1310. The molecule has 0 saturated carbocycles. The summed E-state index contributed by atoms with van der Waals surface area (Å²) in [6, 6.07) is 22.2. The van der Waals surface area contributed by atoms with Gasteiger partial charge < -0.3 is 9.84 Å².